The number of amides is 2. The van der Waals surface area contributed by atoms with E-state index in [9.17, 15) is 9.59 Å². The van der Waals surface area contributed by atoms with Gasteiger partial charge in [0.25, 0.3) is 5.91 Å². The second-order valence-corrected chi connectivity index (χ2v) is 8.04. The molecule has 4 rings (SSSR count). The van der Waals surface area contributed by atoms with Crippen molar-refractivity contribution in [1.82, 2.24) is 19.8 Å². The number of nitrogens with zero attached hydrogens (tertiary/aromatic N) is 4. The van der Waals surface area contributed by atoms with Gasteiger partial charge in [-0.1, -0.05) is 48.5 Å². The molecule has 0 saturated carbocycles. The first kappa shape index (κ1) is 21.6. The SMILES string of the molecule is Cc1cccc(C)c1NC(=O)CN1CCN(C(=O)c2cnc(-c3ccccc3)nc2)CC1. The van der Waals surface area contributed by atoms with Gasteiger partial charge in [-0.15, -0.1) is 0 Å². The van der Waals surface area contributed by atoms with Crippen LogP contribution >= 0.6 is 0 Å². The molecule has 7 heteroatoms. The number of nitrogens with one attached hydrogen (secondary N) is 1. The standard InChI is InChI=1S/C25H27N5O2/c1-18-7-6-8-19(2)23(18)28-22(31)17-29-11-13-30(14-12-29)25(32)21-15-26-24(27-16-21)20-9-4-3-5-10-20/h3-10,15-16H,11-14,17H2,1-2H3,(H,28,31). The van der Waals surface area contributed by atoms with Crippen LogP contribution in [0.15, 0.2) is 60.9 Å². The number of carbonyl (C=O) groups is 2. The van der Waals surface area contributed by atoms with Crippen molar-refractivity contribution in [3.05, 3.63) is 77.6 Å². The first-order valence-corrected chi connectivity index (χ1v) is 10.8. The van der Waals surface area contributed by atoms with Gasteiger partial charge in [0.05, 0.1) is 12.1 Å². The van der Waals surface area contributed by atoms with Gasteiger partial charge < -0.3 is 10.2 Å². The lowest BCUT2D eigenvalue weighted by molar-refractivity contribution is -0.117. The largest absolute Gasteiger partial charge is 0.336 e. The molecule has 2 amide bonds. The Labute approximate surface area is 188 Å². The van der Waals surface area contributed by atoms with Crippen molar-refractivity contribution in [2.45, 2.75) is 13.8 Å². The summed E-state index contributed by atoms with van der Waals surface area (Å²) in [6, 6.07) is 15.6. The van der Waals surface area contributed by atoms with Crippen LogP contribution in [0.3, 0.4) is 0 Å². The molecule has 2 heterocycles. The molecule has 164 valence electrons. The predicted octanol–water partition coefficient (Wildman–Crippen LogP) is 3.16. The third kappa shape index (κ3) is 5.00. The molecule has 32 heavy (non-hydrogen) atoms. The van der Waals surface area contributed by atoms with Gasteiger partial charge in [-0.05, 0) is 25.0 Å². The van der Waals surface area contributed by atoms with E-state index >= 15 is 0 Å². The minimum Gasteiger partial charge on any atom is -0.336 e. The number of hydrogen-bond acceptors (Lipinski definition) is 5. The topological polar surface area (TPSA) is 78.4 Å². The lowest BCUT2D eigenvalue weighted by Crippen LogP contribution is -2.50. The average Bonchev–Trinajstić information content (AvgIpc) is 2.82. The molecule has 0 unspecified atom stereocenters. The summed E-state index contributed by atoms with van der Waals surface area (Å²) < 4.78 is 0. The summed E-state index contributed by atoms with van der Waals surface area (Å²) >= 11 is 0. The molecule has 1 aliphatic heterocycles. The molecule has 1 fully saturated rings. The zero-order valence-electron chi connectivity index (χ0n) is 18.4. The number of benzene rings is 2. The van der Waals surface area contributed by atoms with Gasteiger partial charge in [-0.25, -0.2) is 9.97 Å². The quantitative estimate of drug-likeness (QED) is 0.674. The van der Waals surface area contributed by atoms with Gasteiger partial charge >= 0.3 is 0 Å². The molecule has 1 aliphatic rings. The van der Waals surface area contributed by atoms with Gasteiger partial charge in [0.15, 0.2) is 5.82 Å². The van der Waals surface area contributed by atoms with E-state index in [1.807, 2.05) is 62.4 Å². The fraction of sp³-hybridized carbons (Fsp3) is 0.280. The molecule has 1 aromatic heterocycles. The Bertz CT molecular complexity index is 1070. The molecule has 0 atom stereocenters. The Kier molecular flexibility index (Phi) is 6.56. The molecular weight excluding hydrogens is 402 g/mol. The van der Waals surface area contributed by atoms with E-state index in [0.717, 1.165) is 22.4 Å². The van der Waals surface area contributed by atoms with E-state index < -0.39 is 0 Å². The maximum Gasteiger partial charge on any atom is 0.257 e. The fourth-order valence-electron chi connectivity index (χ4n) is 3.86. The zero-order chi connectivity index (χ0) is 22.5. The van der Waals surface area contributed by atoms with Crippen molar-refractivity contribution in [1.29, 1.82) is 0 Å². The van der Waals surface area contributed by atoms with Crippen molar-refractivity contribution in [3.63, 3.8) is 0 Å². The number of anilines is 1. The Morgan fingerprint density at radius 2 is 1.50 bits per heavy atom. The molecule has 0 spiro atoms. The summed E-state index contributed by atoms with van der Waals surface area (Å²) in [6.45, 7) is 6.71. The van der Waals surface area contributed by atoms with Crippen molar-refractivity contribution in [2.75, 3.05) is 38.0 Å². The molecule has 7 nitrogen and oxygen atoms in total. The summed E-state index contributed by atoms with van der Waals surface area (Å²) in [5.74, 6) is 0.484. The van der Waals surface area contributed by atoms with Gasteiger partial charge in [-0.2, -0.15) is 0 Å². The molecule has 2 aromatic carbocycles. The molecule has 0 bridgehead atoms. The highest BCUT2D eigenvalue weighted by molar-refractivity contribution is 5.94. The van der Waals surface area contributed by atoms with Crippen LogP contribution in [-0.2, 0) is 4.79 Å². The van der Waals surface area contributed by atoms with E-state index in [0.29, 0.717) is 44.1 Å². The highest BCUT2D eigenvalue weighted by atomic mass is 16.2. The summed E-state index contributed by atoms with van der Waals surface area (Å²) in [4.78, 5) is 37.9. The summed E-state index contributed by atoms with van der Waals surface area (Å²) in [5, 5.41) is 3.03. The molecular formula is C25H27N5O2. The van der Waals surface area contributed by atoms with E-state index in [4.69, 9.17) is 0 Å². The van der Waals surface area contributed by atoms with Crippen LogP contribution < -0.4 is 5.32 Å². The van der Waals surface area contributed by atoms with Gasteiger partial charge in [0.2, 0.25) is 5.91 Å². The molecule has 0 aliphatic carbocycles. The maximum absolute atomic E-state index is 12.8. The Balaban J connectivity index is 1.29. The molecule has 1 saturated heterocycles. The van der Waals surface area contributed by atoms with Crippen LogP contribution in [0, 0.1) is 13.8 Å². The van der Waals surface area contributed by atoms with Gasteiger partial charge in [0, 0.05) is 49.8 Å². The molecule has 0 radical (unpaired) electrons. The first-order valence-electron chi connectivity index (χ1n) is 10.8. The van der Waals surface area contributed by atoms with Crippen molar-refractivity contribution in [2.24, 2.45) is 0 Å². The zero-order valence-corrected chi connectivity index (χ0v) is 18.4. The minimum atomic E-state index is -0.0794. The number of rotatable bonds is 5. The van der Waals surface area contributed by atoms with Crippen LogP contribution in [0.2, 0.25) is 0 Å². The Morgan fingerprint density at radius 3 is 2.12 bits per heavy atom. The summed E-state index contributed by atoms with van der Waals surface area (Å²) in [7, 11) is 0. The van der Waals surface area contributed by atoms with Crippen molar-refractivity contribution in [3.8, 4) is 11.4 Å². The Morgan fingerprint density at radius 1 is 0.875 bits per heavy atom. The van der Waals surface area contributed by atoms with E-state index in [1.54, 1.807) is 17.3 Å². The highest BCUT2D eigenvalue weighted by Gasteiger charge is 2.24. The van der Waals surface area contributed by atoms with E-state index in [1.165, 1.54) is 0 Å². The van der Waals surface area contributed by atoms with Crippen LogP contribution in [0.4, 0.5) is 5.69 Å². The van der Waals surface area contributed by atoms with Gasteiger partial charge in [0.1, 0.15) is 0 Å². The second kappa shape index (κ2) is 9.70. The second-order valence-electron chi connectivity index (χ2n) is 8.04. The first-order chi connectivity index (χ1) is 15.5. The van der Waals surface area contributed by atoms with E-state index in [2.05, 4.69) is 20.2 Å². The van der Waals surface area contributed by atoms with Crippen LogP contribution in [0.5, 0.6) is 0 Å². The number of hydrogen-bond donors (Lipinski definition) is 1. The number of aromatic nitrogens is 2. The smallest absolute Gasteiger partial charge is 0.257 e. The van der Waals surface area contributed by atoms with Crippen molar-refractivity contribution >= 4 is 17.5 Å². The van der Waals surface area contributed by atoms with Crippen LogP contribution in [0.1, 0.15) is 21.5 Å². The third-order valence-electron chi connectivity index (χ3n) is 5.70. The van der Waals surface area contributed by atoms with Gasteiger partial charge in [-0.3, -0.25) is 14.5 Å². The Hall–Kier alpha value is -3.58. The maximum atomic E-state index is 12.8. The number of piperazine rings is 1. The minimum absolute atomic E-state index is 0.0351. The molecule has 1 N–H and O–H groups in total. The normalized spacial score (nSPS) is 14.2. The van der Waals surface area contributed by atoms with E-state index in [-0.39, 0.29) is 11.8 Å². The predicted molar refractivity (Wildman–Crippen MR) is 124 cm³/mol. The lowest BCUT2D eigenvalue weighted by atomic mass is 10.1. The number of para-hydroxylation sites is 1. The number of carbonyl (C=O) groups excluding carboxylic acids is 2. The monoisotopic (exact) mass is 429 g/mol. The van der Waals surface area contributed by atoms with Crippen LogP contribution in [0.25, 0.3) is 11.4 Å². The average molecular weight is 430 g/mol. The van der Waals surface area contributed by atoms with Crippen LogP contribution in [-0.4, -0.2) is 64.3 Å². The number of aryl methyl sites for hydroxylation is 2. The fourth-order valence-corrected chi connectivity index (χ4v) is 3.86. The third-order valence-corrected chi connectivity index (χ3v) is 5.70. The highest BCUT2D eigenvalue weighted by Crippen LogP contribution is 2.19. The lowest BCUT2D eigenvalue weighted by Gasteiger charge is -2.34. The summed E-state index contributed by atoms with van der Waals surface area (Å²) in [5.41, 5.74) is 4.37. The van der Waals surface area contributed by atoms with Crippen molar-refractivity contribution < 1.29 is 9.59 Å². The summed E-state index contributed by atoms with van der Waals surface area (Å²) in [6.07, 6.45) is 3.17. The molecule has 3 aromatic rings.